The normalized spacial score (nSPS) is 12.0. The lowest BCUT2D eigenvalue weighted by Gasteiger charge is -2.16. The van der Waals surface area contributed by atoms with Crippen molar-refractivity contribution >= 4 is 40.1 Å². The maximum atomic E-state index is 12.8. The van der Waals surface area contributed by atoms with E-state index in [1.54, 1.807) is 18.2 Å². The molecule has 1 unspecified atom stereocenters. The molecule has 1 aromatic carbocycles. The summed E-state index contributed by atoms with van der Waals surface area (Å²) >= 11 is 5.95. The lowest BCUT2D eigenvalue weighted by atomic mass is 10.0. The van der Waals surface area contributed by atoms with Gasteiger partial charge in [0.15, 0.2) is 11.3 Å². The summed E-state index contributed by atoms with van der Waals surface area (Å²) in [6, 6.07) is 12.3. The van der Waals surface area contributed by atoms with Crippen LogP contribution in [0.3, 0.4) is 0 Å². The summed E-state index contributed by atoms with van der Waals surface area (Å²) in [6.07, 6.45) is 0.501. The molecule has 2 aromatic heterocycles. The van der Waals surface area contributed by atoms with Gasteiger partial charge >= 0.3 is 5.97 Å². The molecule has 0 aliphatic carbocycles. The van der Waals surface area contributed by atoms with Crippen LogP contribution >= 0.6 is 11.6 Å². The van der Waals surface area contributed by atoms with Crippen molar-refractivity contribution in [2.24, 2.45) is 0 Å². The number of pyridine rings is 2. The van der Waals surface area contributed by atoms with Gasteiger partial charge in [0, 0.05) is 17.3 Å². The van der Waals surface area contributed by atoms with Crippen LogP contribution in [0.1, 0.15) is 42.7 Å². The fourth-order valence-corrected chi connectivity index (χ4v) is 2.82. The molecule has 0 fully saturated rings. The molecule has 144 valence electrons. The molecule has 0 saturated carbocycles. The number of hydrogen-bond acceptors (Lipinski definition) is 5. The quantitative estimate of drug-likeness (QED) is 0.503. The lowest BCUT2D eigenvalue weighted by molar-refractivity contribution is -0.123. The highest BCUT2D eigenvalue weighted by molar-refractivity contribution is 6.32. The summed E-state index contributed by atoms with van der Waals surface area (Å²) in [7, 11) is 0. The molecule has 0 spiro atoms. The lowest BCUT2D eigenvalue weighted by Crippen LogP contribution is -2.30. The molecule has 3 aromatic rings. The van der Waals surface area contributed by atoms with E-state index in [1.165, 1.54) is 13.1 Å². The number of para-hydroxylation sites is 1. The minimum absolute atomic E-state index is 0.143. The van der Waals surface area contributed by atoms with Gasteiger partial charge in [-0.05, 0) is 37.1 Å². The number of nitrogens with zero attached hydrogens (tertiary/aromatic N) is 2. The van der Waals surface area contributed by atoms with Crippen LogP contribution in [-0.4, -0.2) is 27.9 Å². The number of rotatable bonds is 5. The first kappa shape index (κ1) is 19.8. The third kappa shape index (κ3) is 4.28. The average Bonchev–Trinajstić information content (AvgIpc) is 2.68. The van der Waals surface area contributed by atoms with Gasteiger partial charge in [0.05, 0.1) is 16.8 Å². The Balaban J connectivity index is 1.82. The second-order valence-corrected chi connectivity index (χ2v) is 7.00. The number of carbonyl (C=O) groups is 2. The van der Waals surface area contributed by atoms with Crippen LogP contribution in [0.5, 0.6) is 0 Å². The van der Waals surface area contributed by atoms with Crippen molar-refractivity contribution < 1.29 is 14.3 Å². The van der Waals surface area contributed by atoms with Crippen LogP contribution in [0.15, 0.2) is 48.7 Å². The number of amides is 1. The fraction of sp³-hybridized carbons (Fsp3) is 0.238. The SMILES string of the molecule is CC(OC(=O)c1cc(C(C)C)nc2ccccc12)C(=O)Nc1cccnc1Cl. The summed E-state index contributed by atoms with van der Waals surface area (Å²) < 4.78 is 5.41. The van der Waals surface area contributed by atoms with Crippen molar-refractivity contribution in [1.29, 1.82) is 0 Å². The molecule has 7 heteroatoms. The van der Waals surface area contributed by atoms with Crippen LogP contribution in [0.4, 0.5) is 5.69 Å². The fourth-order valence-electron chi connectivity index (χ4n) is 2.65. The molecule has 28 heavy (non-hydrogen) atoms. The van der Waals surface area contributed by atoms with E-state index in [0.717, 1.165) is 5.69 Å². The van der Waals surface area contributed by atoms with E-state index in [-0.39, 0.29) is 11.1 Å². The van der Waals surface area contributed by atoms with E-state index in [2.05, 4.69) is 15.3 Å². The number of ether oxygens (including phenoxy) is 1. The van der Waals surface area contributed by atoms with Crippen molar-refractivity contribution in [2.75, 3.05) is 5.32 Å². The summed E-state index contributed by atoms with van der Waals surface area (Å²) in [4.78, 5) is 33.7. The highest BCUT2D eigenvalue weighted by Gasteiger charge is 2.22. The number of anilines is 1. The van der Waals surface area contributed by atoms with Crippen molar-refractivity contribution in [3.05, 3.63) is 65.1 Å². The number of benzene rings is 1. The van der Waals surface area contributed by atoms with E-state index >= 15 is 0 Å². The smallest absolute Gasteiger partial charge is 0.339 e. The Morgan fingerprint density at radius 1 is 1.11 bits per heavy atom. The Hall–Kier alpha value is -2.99. The van der Waals surface area contributed by atoms with Gasteiger partial charge in [-0.1, -0.05) is 43.6 Å². The summed E-state index contributed by atoms with van der Waals surface area (Å²) in [5.74, 6) is -0.935. The molecule has 0 aliphatic rings. The minimum Gasteiger partial charge on any atom is -0.449 e. The summed E-state index contributed by atoms with van der Waals surface area (Å²) in [5.41, 5.74) is 2.23. The third-order valence-electron chi connectivity index (χ3n) is 4.22. The molecular weight excluding hydrogens is 378 g/mol. The van der Waals surface area contributed by atoms with E-state index in [4.69, 9.17) is 16.3 Å². The number of carbonyl (C=O) groups excluding carboxylic acids is 2. The van der Waals surface area contributed by atoms with E-state index in [1.807, 2.05) is 38.1 Å². The minimum atomic E-state index is -1.02. The molecular formula is C21H20ClN3O3. The zero-order chi connectivity index (χ0) is 20.3. The Morgan fingerprint density at radius 3 is 2.57 bits per heavy atom. The number of fused-ring (bicyclic) bond motifs is 1. The summed E-state index contributed by atoms with van der Waals surface area (Å²) in [6.45, 7) is 5.50. The zero-order valence-corrected chi connectivity index (χ0v) is 16.5. The van der Waals surface area contributed by atoms with Crippen molar-refractivity contribution in [2.45, 2.75) is 32.8 Å². The second-order valence-electron chi connectivity index (χ2n) is 6.65. The number of hydrogen-bond donors (Lipinski definition) is 1. The first-order valence-corrected chi connectivity index (χ1v) is 9.26. The van der Waals surface area contributed by atoms with Crippen LogP contribution in [0, 0.1) is 0 Å². The summed E-state index contributed by atoms with van der Waals surface area (Å²) in [5, 5.41) is 3.45. The van der Waals surface area contributed by atoms with Crippen LogP contribution in [0.25, 0.3) is 10.9 Å². The number of aromatic nitrogens is 2. The number of esters is 1. The first-order chi connectivity index (χ1) is 13.4. The molecule has 1 N–H and O–H groups in total. The highest BCUT2D eigenvalue weighted by Crippen LogP contribution is 2.24. The van der Waals surface area contributed by atoms with Crippen LogP contribution in [-0.2, 0) is 9.53 Å². The first-order valence-electron chi connectivity index (χ1n) is 8.89. The van der Waals surface area contributed by atoms with Crippen molar-refractivity contribution in [1.82, 2.24) is 9.97 Å². The third-order valence-corrected chi connectivity index (χ3v) is 4.52. The molecule has 0 bridgehead atoms. The van der Waals surface area contributed by atoms with Crippen molar-refractivity contribution in [3.63, 3.8) is 0 Å². The van der Waals surface area contributed by atoms with Gasteiger partial charge in [0.1, 0.15) is 0 Å². The van der Waals surface area contributed by atoms with Gasteiger partial charge in [-0.25, -0.2) is 9.78 Å². The zero-order valence-electron chi connectivity index (χ0n) is 15.8. The predicted octanol–water partition coefficient (Wildman–Crippen LogP) is 4.59. The standard InChI is InChI=1S/C21H20ClN3O3/c1-12(2)18-11-15(14-7-4-5-8-16(14)24-18)21(27)28-13(3)20(26)25-17-9-6-10-23-19(17)22/h4-13H,1-3H3,(H,25,26). The maximum absolute atomic E-state index is 12.8. The average molecular weight is 398 g/mol. The van der Waals surface area contributed by atoms with Gasteiger partial charge < -0.3 is 10.1 Å². The molecule has 0 saturated heterocycles. The van der Waals surface area contributed by atoms with Gasteiger partial charge in [-0.15, -0.1) is 0 Å². The molecule has 0 radical (unpaired) electrons. The van der Waals surface area contributed by atoms with Crippen molar-refractivity contribution in [3.8, 4) is 0 Å². The monoisotopic (exact) mass is 397 g/mol. The van der Waals surface area contributed by atoms with Gasteiger partial charge in [0.2, 0.25) is 0 Å². The van der Waals surface area contributed by atoms with Crippen LogP contribution < -0.4 is 5.32 Å². The molecule has 6 nitrogen and oxygen atoms in total. The maximum Gasteiger partial charge on any atom is 0.339 e. The Morgan fingerprint density at radius 2 is 1.86 bits per heavy atom. The second kappa shape index (κ2) is 8.35. The van der Waals surface area contributed by atoms with Crippen LogP contribution in [0.2, 0.25) is 5.15 Å². The molecule has 1 amide bonds. The largest absolute Gasteiger partial charge is 0.449 e. The van der Waals surface area contributed by atoms with Gasteiger partial charge in [-0.3, -0.25) is 9.78 Å². The highest BCUT2D eigenvalue weighted by atomic mass is 35.5. The predicted molar refractivity (Wildman–Crippen MR) is 109 cm³/mol. The van der Waals surface area contributed by atoms with Gasteiger partial charge in [-0.2, -0.15) is 0 Å². The van der Waals surface area contributed by atoms with E-state index < -0.39 is 18.0 Å². The molecule has 0 aliphatic heterocycles. The van der Waals surface area contributed by atoms with Gasteiger partial charge in [0.25, 0.3) is 5.91 Å². The number of halogens is 1. The van der Waals surface area contributed by atoms with E-state index in [9.17, 15) is 9.59 Å². The molecule has 3 rings (SSSR count). The Kier molecular flexibility index (Phi) is 5.90. The number of nitrogens with one attached hydrogen (secondary N) is 1. The molecule has 2 heterocycles. The Labute approximate surface area is 167 Å². The Bertz CT molecular complexity index is 1040. The topological polar surface area (TPSA) is 81.2 Å². The molecule has 1 atom stereocenters. The van der Waals surface area contributed by atoms with E-state index in [0.29, 0.717) is 22.2 Å².